The first-order chi connectivity index (χ1) is 9.25. The first kappa shape index (κ1) is 11.7. The van der Waals surface area contributed by atoms with Crippen LogP contribution in [0.25, 0.3) is 23.0 Å². The number of nitrogens with two attached hydrogens (primary N) is 1. The number of aromatic nitrogens is 3. The maximum absolute atomic E-state index is 6.08. The molecule has 1 aromatic carbocycles. The Morgan fingerprint density at radius 2 is 1.95 bits per heavy atom. The van der Waals surface area contributed by atoms with Gasteiger partial charge in [0.1, 0.15) is 0 Å². The van der Waals surface area contributed by atoms with E-state index < -0.39 is 0 Å². The number of rotatable bonds is 2. The van der Waals surface area contributed by atoms with E-state index >= 15 is 0 Å². The lowest BCUT2D eigenvalue weighted by molar-refractivity contribution is 0.431. The van der Waals surface area contributed by atoms with E-state index in [4.69, 9.17) is 21.9 Å². The van der Waals surface area contributed by atoms with E-state index in [2.05, 4.69) is 15.1 Å². The Hall–Kier alpha value is -2.40. The maximum atomic E-state index is 6.08. The predicted molar refractivity (Wildman–Crippen MR) is 72.4 cm³/mol. The number of hydrogen-bond acceptors (Lipinski definition) is 5. The first-order valence-corrected chi connectivity index (χ1v) is 5.93. The lowest BCUT2D eigenvalue weighted by atomic mass is 10.2. The van der Waals surface area contributed by atoms with Crippen LogP contribution in [0.15, 0.2) is 47.1 Å². The second-order valence-electron chi connectivity index (χ2n) is 3.84. The molecular formula is C13H9ClN4O. The van der Waals surface area contributed by atoms with Crippen LogP contribution in [0.3, 0.4) is 0 Å². The molecule has 0 bridgehead atoms. The third kappa shape index (κ3) is 2.15. The van der Waals surface area contributed by atoms with Crippen molar-refractivity contribution < 1.29 is 4.52 Å². The normalized spacial score (nSPS) is 10.6. The Bertz CT molecular complexity index is 666. The van der Waals surface area contributed by atoms with Gasteiger partial charge in [0, 0.05) is 11.8 Å². The number of nitrogens with zero attached hydrogens (tertiary/aromatic N) is 3. The van der Waals surface area contributed by atoms with Gasteiger partial charge in [0.15, 0.2) is 5.69 Å². The van der Waals surface area contributed by atoms with E-state index in [1.54, 1.807) is 24.4 Å². The van der Waals surface area contributed by atoms with Crippen molar-refractivity contribution in [2.24, 2.45) is 0 Å². The third-order valence-corrected chi connectivity index (χ3v) is 2.91. The number of halogens is 1. The first-order valence-electron chi connectivity index (χ1n) is 5.55. The van der Waals surface area contributed by atoms with E-state index in [1.807, 2.05) is 18.2 Å². The molecule has 0 spiro atoms. The molecule has 94 valence electrons. The van der Waals surface area contributed by atoms with Crippen molar-refractivity contribution in [2.75, 3.05) is 5.73 Å². The minimum Gasteiger partial charge on any atom is -0.397 e. The second kappa shape index (κ2) is 4.70. The van der Waals surface area contributed by atoms with Crippen LogP contribution in [0, 0.1) is 0 Å². The molecule has 6 heteroatoms. The molecule has 2 N–H and O–H groups in total. The zero-order valence-electron chi connectivity index (χ0n) is 9.75. The monoisotopic (exact) mass is 272 g/mol. The van der Waals surface area contributed by atoms with Gasteiger partial charge in [-0.25, -0.2) is 4.98 Å². The van der Waals surface area contributed by atoms with Gasteiger partial charge in [-0.3, -0.25) is 0 Å². The Morgan fingerprint density at radius 3 is 2.74 bits per heavy atom. The summed E-state index contributed by atoms with van der Waals surface area (Å²) in [4.78, 5) is 8.39. The molecule has 0 unspecified atom stereocenters. The van der Waals surface area contributed by atoms with Crippen molar-refractivity contribution in [3.05, 3.63) is 47.6 Å². The van der Waals surface area contributed by atoms with E-state index in [9.17, 15) is 0 Å². The van der Waals surface area contributed by atoms with E-state index in [0.29, 0.717) is 27.8 Å². The fourth-order valence-electron chi connectivity index (χ4n) is 1.67. The molecule has 0 saturated heterocycles. The molecule has 5 nitrogen and oxygen atoms in total. The molecule has 0 amide bonds. The van der Waals surface area contributed by atoms with Crippen LogP contribution in [0.5, 0.6) is 0 Å². The Labute approximate surface area is 114 Å². The predicted octanol–water partition coefficient (Wildman–Crippen LogP) is 3.03. The molecule has 0 aliphatic rings. The van der Waals surface area contributed by atoms with Crippen LogP contribution < -0.4 is 5.73 Å². The fraction of sp³-hybridized carbons (Fsp3) is 0. The number of pyridine rings is 1. The number of anilines is 1. The molecule has 3 rings (SSSR count). The Morgan fingerprint density at radius 1 is 1.11 bits per heavy atom. The molecule has 2 aromatic heterocycles. The minimum atomic E-state index is 0.271. The van der Waals surface area contributed by atoms with Crippen molar-refractivity contribution in [1.82, 2.24) is 15.1 Å². The van der Waals surface area contributed by atoms with Crippen LogP contribution in [0.4, 0.5) is 5.69 Å². The molecule has 0 atom stereocenters. The number of benzene rings is 1. The Kier molecular flexibility index (Phi) is 2.89. The maximum Gasteiger partial charge on any atom is 0.278 e. The summed E-state index contributed by atoms with van der Waals surface area (Å²) in [7, 11) is 0. The zero-order chi connectivity index (χ0) is 13.2. The number of nitrogen functional groups attached to an aromatic ring is 1. The molecule has 2 heterocycles. The molecule has 0 saturated carbocycles. The van der Waals surface area contributed by atoms with Crippen LogP contribution in [0.1, 0.15) is 0 Å². The molecule has 19 heavy (non-hydrogen) atoms. The highest BCUT2D eigenvalue weighted by molar-refractivity contribution is 6.33. The van der Waals surface area contributed by atoms with Gasteiger partial charge in [0.2, 0.25) is 5.82 Å². The SMILES string of the molecule is Nc1cccnc1-c1nc(-c2ccccc2Cl)no1. The topological polar surface area (TPSA) is 77.8 Å². The molecule has 0 aliphatic heterocycles. The van der Waals surface area contributed by atoms with E-state index in [-0.39, 0.29) is 5.89 Å². The number of hydrogen-bond donors (Lipinski definition) is 1. The van der Waals surface area contributed by atoms with Crippen molar-refractivity contribution >= 4 is 17.3 Å². The summed E-state index contributed by atoms with van der Waals surface area (Å²) in [5.41, 5.74) is 7.47. The average molecular weight is 273 g/mol. The van der Waals surface area contributed by atoms with Crippen molar-refractivity contribution in [1.29, 1.82) is 0 Å². The van der Waals surface area contributed by atoms with Crippen molar-refractivity contribution in [3.8, 4) is 23.0 Å². The lowest BCUT2D eigenvalue weighted by Crippen LogP contribution is -1.92. The Balaban J connectivity index is 2.06. The summed E-state index contributed by atoms with van der Waals surface area (Å²) in [5.74, 6) is 0.679. The van der Waals surface area contributed by atoms with Crippen LogP contribution in [0.2, 0.25) is 5.02 Å². The second-order valence-corrected chi connectivity index (χ2v) is 4.25. The smallest absolute Gasteiger partial charge is 0.278 e. The standard InChI is InChI=1S/C13H9ClN4O/c14-9-5-2-1-4-8(9)12-17-13(19-18-12)11-10(15)6-3-7-16-11/h1-7H,15H2. The van der Waals surface area contributed by atoms with Crippen molar-refractivity contribution in [3.63, 3.8) is 0 Å². The van der Waals surface area contributed by atoms with E-state index in [0.717, 1.165) is 0 Å². The van der Waals surface area contributed by atoms with Gasteiger partial charge in [0.05, 0.1) is 10.7 Å². The van der Waals surface area contributed by atoms with Gasteiger partial charge >= 0.3 is 0 Å². The van der Waals surface area contributed by atoms with Gasteiger partial charge in [0.25, 0.3) is 5.89 Å². The highest BCUT2D eigenvalue weighted by atomic mass is 35.5. The lowest BCUT2D eigenvalue weighted by Gasteiger charge is -1.97. The quantitative estimate of drug-likeness (QED) is 0.776. The summed E-state index contributed by atoms with van der Waals surface area (Å²) in [6, 6.07) is 10.7. The van der Waals surface area contributed by atoms with Gasteiger partial charge in [-0.2, -0.15) is 4.98 Å². The summed E-state index contributed by atoms with van der Waals surface area (Å²) in [6.45, 7) is 0. The highest BCUT2D eigenvalue weighted by Gasteiger charge is 2.15. The fourth-order valence-corrected chi connectivity index (χ4v) is 1.89. The molecule has 0 radical (unpaired) electrons. The zero-order valence-corrected chi connectivity index (χ0v) is 10.5. The van der Waals surface area contributed by atoms with Gasteiger partial charge in [-0.1, -0.05) is 28.9 Å². The summed E-state index contributed by atoms with van der Waals surface area (Å²) in [5, 5.41) is 4.46. The van der Waals surface area contributed by atoms with Gasteiger partial charge < -0.3 is 10.3 Å². The molecular weight excluding hydrogens is 264 g/mol. The van der Waals surface area contributed by atoms with E-state index in [1.165, 1.54) is 0 Å². The molecule has 0 aliphatic carbocycles. The van der Waals surface area contributed by atoms with Gasteiger partial charge in [-0.05, 0) is 24.3 Å². The minimum absolute atomic E-state index is 0.271. The van der Waals surface area contributed by atoms with Crippen molar-refractivity contribution in [2.45, 2.75) is 0 Å². The average Bonchev–Trinajstić information content (AvgIpc) is 2.89. The van der Waals surface area contributed by atoms with Crippen LogP contribution in [-0.2, 0) is 0 Å². The molecule has 3 aromatic rings. The summed E-state index contributed by atoms with van der Waals surface area (Å²) < 4.78 is 5.18. The molecule has 0 fully saturated rings. The largest absolute Gasteiger partial charge is 0.397 e. The van der Waals surface area contributed by atoms with Gasteiger partial charge in [-0.15, -0.1) is 0 Å². The summed E-state index contributed by atoms with van der Waals surface area (Å²) >= 11 is 6.08. The van der Waals surface area contributed by atoms with Crippen LogP contribution in [-0.4, -0.2) is 15.1 Å². The van der Waals surface area contributed by atoms with Crippen LogP contribution >= 0.6 is 11.6 Å². The highest BCUT2D eigenvalue weighted by Crippen LogP contribution is 2.28. The summed E-state index contributed by atoms with van der Waals surface area (Å²) in [6.07, 6.45) is 1.62. The third-order valence-electron chi connectivity index (χ3n) is 2.58.